The van der Waals surface area contributed by atoms with Crippen molar-refractivity contribution in [3.8, 4) is 0 Å². The van der Waals surface area contributed by atoms with Gasteiger partial charge in [-0.1, -0.05) is 18.2 Å². The van der Waals surface area contributed by atoms with E-state index < -0.39 is 5.97 Å². The molecule has 3 aromatic rings. The Kier molecular flexibility index (Phi) is 5.41. The quantitative estimate of drug-likeness (QED) is 0.506. The number of methoxy groups -OCH3 is 1. The fourth-order valence-electron chi connectivity index (χ4n) is 2.42. The maximum absolute atomic E-state index is 11.6. The summed E-state index contributed by atoms with van der Waals surface area (Å²) < 4.78 is 4.72. The third kappa shape index (κ3) is 4.66. The lowest BCUT2D eigenvalue weighted by Gasteiger charge is -2.09. The second-order valence-electron chi connectivity index (χ2n) is 5.72. The Balaban J connectivity index is 1.77. The average Bonchev–Trinajstić information content (AvgIpc) is 2.68. The van der Waals surface area contributed by atoms with Crippen LogP contribution in [-0.2, 0) is 4.74 Å². The minimum absolute atomic E-state index is 0.00539. The van der Waals surface area contributed by atoms with Gasteiger partial charge in [0.15, 0.2) is 5.78 Å². The van der Waals surface area contributed by atoms with Crippen molar-refractivity contribution in [2.24, 2.45) is 0 Å². The van der Waals surface area contributed by atoms with Crippen LogP contribution in [0.1, 0.15) is 27.6 Å². The molecule has 0 spiro atoms. The topological polar surface area (TPSA) is 93.2 Å². The summed E-state index contributed by atoms with van der Waals surface area (Å²) in [5.41, 5.74) is 2.46. The van der Waals surface area contributed by atoms with Gasteiger partial charge in [0.25, 0.3) is 0 Å². The minimum atomic E-state index is -0.416. The maximum Gasteiger partial charge on any atom is 0.337 e. The van der Waals surface area contributed by atoms with Crippen molar-refractivity contribution in [1.29, 1.82) is 0 Å². The standard InChI is InChI=1S/C20H18N4O3/c1-13(25)14-5-3-7-16(11-14)22-18-9-10-21-20(24-18)23-17-8-4-6-15(12-17)19(26)27-2/h3-12H,1-2H3,(H2,21,22,23,24). The monoisotopic (exact) mass is 362 g/mol. The van der Waals surface area contributed by atoms with E-state index in [0.29, 0.717) is 28.6 Å². The van der Waals surface area contributed by atoms with Crippen LogP contribution in [0, 0.1) is 0 Å². The van der Waals surface area contributed by atoms with Gasteiger partial charge in [0.05, 0.1) is 12.7 Å². The van der Waals surface area contributed by atoms with Crippen LogP contribution in [-0.4, -0.2) is 28.8 Å². The van der Waals surface area contributed by atoms with Crippen LogP contribution in [0.15, 0.2) is 60.8 Å². The SMILES string of the molecule is COC(=O)c1cccc(Nc2nccc(Nc3cccc(C(C)=O)c3)n2)c1. The first kappa shape index (κ1) is 18.1. The predicted molar refractivity (Wildman–Crippen MR) is 103 cm³/mol. The van der Waals surface area contributed by atoms with E-state index in [2.05, 4.69) is 20.6 Å². The maximum atomic E-state index is 11.6. The zero-order valence-corrected chi connectivity index (χ0v) is 14.9. The lowest BCUT2D eigenvalue weighted by Crippen LogP contribution is -2.03. The van der Waals surface area contributed by atoms with E-state index in [-0.39, 0.29) is 5.78 Å². The van der Waals surface area contributed by atoms with Gasteiger partial charge in [-0.25, -0.2) is 9.78 Å². The molecule has 7 heteroatoms. The van der Waals surface area contributed by atoms with Gasteiger partial charge in [0.1, 0.15) is 5.82 Å². The highest BCUT2D eigenvalue weighted by molar-refractivity contribution is 5.95. The van der Waals surface area contributed by atoms with Crippen LogP contribution in [0.25, 0.3) is 0 Å². The van der Waals surface area contributed by atoms with Crippen molar-refractivity contribution in [3.63, 3.8) is 0 Å². The first-order valence-corrected chi connectivity index (χ1v) is 8.21. The number of hydrogen-bond donors (Lipinski definition) is 2. The van der Waals surface area contributed by atoms with Crippen LogP contribution >= 0.6 is 0 Å². The molecule has 27 heavy (non-hydrogen) atoms. The third-order valence-electron chi connectivity index (χ3n) is 3.74. The van der Waals surface area contributed by atoms with Gasteiger partial charge >= 0.3 is 5.97 Å². The molecule has 0 aliphatic heterocycles. The van der Waals surface area contributed by atoms with Crippen molar-refractivity contribution in [2.75, 3.05) is 17.7 Å². The Morgan fingerprint density at radius 1 is 0.926 bits per heavy atom. The van der Waals surface area contributed by atoms with Crippen LogP contribution in [0.5, 0.6) is 0 Å². The molecule has 0 atom stereocenters. The zero-order valence-electron chi connectivity index (χ0n) is 14.9. The second kappa shape index (κ2) is 8.09. The number of carbonyl (C=O) groups excluding carboxylic acids is 2. The largest absolute Gasteiger partial charge is 0.465 e. The zero-order chi connectivity index (χ0) is 19.2. The van der Waals surface area contributed by atoms with Gasteiger partial charge in [-0.05, 0) is 43.3 Å². The molecule has 0 unspecified atom stereocenters. The van der Waals surface area contributed by atoms with Gasteiger partial charge < -0.3 is 15.4 Å². The molecule has 0 saturated heterocycles. The highest BCUT2D eigenvalue weighted by Gasteiger charge is 2.07. The molecule has 136 valence electrons. The Hall–Kier alpha value is -3.74. The van der Waals surface area contributed by atoms with Gasteiger partial charge in [0, 0.05) is 23.1 Å². The van der Waals surface area contributed by atoms with Crippen molar-refractivity contribution in [3.05, 3.63) is 71.9 Å². The number of ketones is 1. The van der Waals surface area contributed by atoms with E-state index in [0.717, 1.165) is 5.69 Å². The van der Waals surface area contributed by atoms with Crippen LogP contribution in [0.2, 0.25) is 0 Å². The molecule has 2 aromatic carbocycles. The number of benzene rings is 2. The molecule has 0 aliphatic carbocycles. The predicted octanol–water partition coefficient (Wildman–Crippen LogP) is 3.95. The minimum Gasteiger partial charge on any atom is -0.465 e. The highest BCUT2D eigenvalue weighted by atomic mass is 16.5. The van der Waals surface area contributed by atoms with Gasteiger partial charge in [0.2, 0.25) is 5.95 Å². The number of nitrogens with zero attached hydrogens (tertiary/aromatic N) is 2. The molecule has 0 fully saturated rings. The Labute approximate surface area is 156 Å². The number of hydrogen-bond acceptors (Lipinski definition) is 7. The normalized spacial score (nSPS) is 10.1. The first-order chi connectivity index (χ1) is 13.0. The summed E-state index contributed by atoms with van der Waals surface area (Å²) in [5, 5.41) is 6.20. The van der Waals surface area contributed by atoms with Crippen molar-refractivity contribution in [2.45, 2.75) is 6.92 Å². The van der Waals surface area contributed by atoms with Gasteiger partial charge in [-0.2, -0.15) is 4.98 Å². The van der Waals surface area contributed by atoms with Gasteiger partial charge in [-0.15, -0.1) is 0 Å². The van der Waals surface area contributed by atoms with E-state index in [1.807, 2.05) is 6.07 Å². The van der Waals surface area contributed by atoms with E-state index in [9.17, 15) is 9.59 Å². The average molecular weight is 362 g/mol. The molecule has 0 amide bonds. The van der Waals surface area contributed by atoms with Crippen LogP contribution in [0.3, 0.4) is 0 Å². The smallest absolute Gasteiger partial charge is 0.337 e. The number of Topliss-reactive ketones (excluding diaryl/α,β-unsaturated/α-hetero) is 1. The number of rotatable bonds is 6. The van der Waals surface area contributed by atoms with E-state index in [1.165, 1.54) is 14.0 Å². The molecule has 0 radical (unpaired) electrons. The van der Waals surface area contributed by atoms with Crippen molar-refractivity contribution >= 4 is 34.9 Å². The fraction of sp³-hybridized carbons (Fsp3) is 0.100. The van der Waals surface area contributed by atoms with E-state index in [1.54, 1.807) is 54.7 Å². The Morgan fingerprint density at radius 2 is 1.59 bits per heavy atom. The van der Waals surface area contributed by atoms with E-state index in [4.69, 9.17) is 4.74 Å². The molecule has 1 aromatic heterocycles. The molecule has 3 rings (SSSR count). The molecular formula is C20H18N4O3. The number of nitrogens with one attached hydrogen (secondary N) is 2. The molecule has 0 saturated carbocycles. The summed E-state index contributed by atoms with van der Waals surface area (Å²) in [7, 11) is 1.34. The molecule has 0 aliphatic rings. The Bertz CT molecular complexity index is 988. The van der Waals surface area contributed by atoms with Crippen LogP contribution < -0.4 is 10.6 Å². The number of aromatic nitrogens is 2. The summed E-state index contributed by atoms with van der Waals surface area (Å²) in [6.45, 7) is 1.52. The third-order valence-corrected chi connectivity index (χ3v) is 3.74. The first-order valence-electron chi connectivity index (χ1n) is 8.21. The van der Waals surface area contributed by atoms with Gasteiger partial charge in [-0.3, -0.25) is 4.79 Å². The number of carbonyl (C=O) groups is 2. The molecule has 7 nitrogen and oxygen atoms in total. The second-order valence-corrected chi connectivity index (χ2v) is 5.72. The van der Waals surface area contributed by atoms with Crippen molar-refractivity contribution in [1.82, 2.24) is 9.97 Å². The molecular weight excluding hydrogens is 344 g/mol. The highest BCUT2D eigenvalue weighted by Crippen LogP contribution is 2.19. The molecule has 0 bridgehead atoms. The van der Waals surface area contributed by atoms with Crippen LogP contribution in [0.4, 0.5) is 23.1 Å². The summed E-state index contributed by atoms with van der Waals surface area (Å²) in [6, 6.07) is 15.8. The Morgan fingerprint density at radius 3 is 2.30 bits per heavy atom. The summed E-state index contributed by atoms with van der Waals surface area (Å²) >= 11 is 0. The number of anilines is 4. The lowest BCUT2D eigenvalue weighted by atomic mass is 10.1. The molecule has 2 N–H and O–H groups in total. The lowest BCUT2D eigenvalue weighted by molar-refractivity contribution is 0.0600. The van der Waals surface area contributed by atoms with E-state index >= 15 is 0 Å². The van der Waals surface area contributed by atoms with Crippen molar-refractivity contribution < 1.29 is 14.3 Å². The number of ether oxygens (including phenoxy) is 1. The summed E-state index contributed by atoms with van der Waals surface area (Å²) in [4.78, 5) is 31.7. The fourth-order valence-corrected chi connectivity index (χ4v) is 2.42. The summed E-state index contributed by atoms with van der Waals surface area (Å²) in [6.07, 6.45) is 1.61. The molecule has 1 heterocycles. The summed E-state index contributed by atoms with van der Waals surface area (Å²) in [5.74, 6) is 0.511. The number of esters is 1.